The molecule has 0 fully saturated rings. The van der Waals surface area contributed by atoms with Gasteiger partial charge in [0.15, 0.2) is 0 Å². The van der Waals surface area contributed by atoms with Crippen molar-refractivity contribution in [2.45, 2.75) is 47.2 Å². The lowest BCUT2D eigenvalue weighted by Crippen LogP contribution is -2.43. The van der Waals surface area contributed by atoms with Crippen molar-refractivity contribution in [3.63, 3.8) is 0 Å². The van der Waals surface area contributed by atoms with Crippen LogP contribution in [0.15, 0.2) is 42.5 Å². The Hall–Kier alpha value is -2.14. The molecule has 1 aromatic carbocycles. The van der Waals surface area contributed by atoms with Crippen LogP contribution in [-0.2, 0) is 22.7 Å². The summed E-state index contributed by atoms with van der Waals surface area (Å²) in [7, 11) is 0. The Labute approximate surface area is 166 Å². The number of carbonyl (C=O) groups excluding carboxylic acids is 2. The largest absolute Gasteiger partial charge is 0.333 e. The van der Waals surface area contributed by atoms with E-state index < -0.39 is 0 Å². The number of aryl methyl sites for hydroxylation is 1. The average Bonchev–Trinajstić information content (AvgIpc) is 3.05. The van der Waals surface area contributed by atoms with Gasteiger partial charge in [-0.1, -0.05) is 51.1 Å². The first-order valence-electron chi connectivity index (χ1n) is 9.53. The molecule has 2 rings (SSSR count). The van der Waals surface area contributed by atoms with Gasteiger partial charge in [0.05, 0.1) is 13.1 Å². The smallest absolute Gasteiger partial charge is 0.242 e. The highest BCUT2D eigenvalue weighted by atomic mass is 32.1. The van der Waals surface area contributed by atoms with E-state index >= 15 is 0 Å². The molecule has 0 radical (unpaired) electrons. The topological polar surface area (TPSA) is 40.6 Å². The number of rotatable bonds is 9. The Kier molecular flexibility index (Phi) is 8.04. The lowest BCUT2D eigenvalue weighted by molar-refractivity contribution is -0.141. The number of thiophene rings is 1. The Morgan fingerprint density at radius 1 is 0.963 bits per heavy atom. The SMILES string of the molecule is CCC(=O)N(CC(=O)N(Cc1ccccc1)Cc1ccc(C)s1)CC(C)C. The standard InChI is InChI=1S/C22H30N2O2S/c1-5-21(25)23(13-17(2)3)16-22(26)24(14-19-9-7-6-8-10-19)15-20-12-11-18(4)27-20/h6-12,17H,5,13-16H2,1-4H3. The molecule has 1 heterocycles. The van der Waals surface area contributed by atoms with Gasteiger partial charge in [0.1, 0.15) is 0 Å². The van der Waals surface area contributed by atoms with Crippen LogP contribution in [0.25, 0.3) is 0 Å². The molecule has 146 valence electrons. The zero-order valence-corrected chi connectivity index (χ0v) is 17.6. The van der Waals surface area contributed by atoms with Crippen LogP contribution in [0.3, 0.4) is 0 Å². The number of amides is 2. The van der Waals surface area contributed by atoms with Gasteiger partial charge in [-0.25, -0.2) is 0 Å². The molecule has 0 aliphatic carbocycles. The Balaban J connectivity index is 2.16. The van der Waals surface area contributed by atoms with E-state index in [2.05, 4.69) is 32.9 Å². The summed E-state index contributed by atoms with van der Waals surface area (Å²) in [5.41, 5.74) is 1.09. The van der Waals surface area contributed by atoms with E-state index in [1.165, 1.54) is 4.88 Å². The third kappa shape index (κ3) is 6.83. The first kappa shape index (κ1) is 21.2. The highest BCUT2D eigenvalue weighted by molar-refractivity contribution is 7.11. The van der Waals surface area contributed by atoms with E-state index in [1.54, 1.807) is 16.2 Å². The first-order valence-corrected chi connectivity index (χ1v) is 10.4. The van der Waals surface area contributed by atoms with Gasteiger partial charge in [-0.15, -0.1) is 11.3 Å². The van der Waals surface area contributed by atoms with Crippen LogP contribution in [-0.4, -0.2) is 34.7 Å². The van der Waals surface area contributed by atoms with Crippen LogP contribution < -0.4 is 0 Å². The van der Waals surface area contributed by atoms with Crippen molar-refractivity contribution in [3.8, 4) is 0 Å². The summed E-state index contributed by atoms with van der Waals surface area (Å²) in [5.74, 6) is 0.354. The molecule has 27 heavy (non-hydrogen) atoms. The molecule has 0 aliphatic heterocycles. The van der Waals surface area contributed by atoms with Crippen LogP contribution in [0, 0.1) is 12.8 Å². The summed E-state index contributed by atoms with van der Waals surface area (Å²) < 4.78 is 0. The number of benzene rings is 1. The third-order valence-corrected chi connectivity index (χ3v) is 5.26. The van der Waals surface area contributed by atoms with Gasteiger partial charge in [0.2, 0.25) is 11.8 Å². The fraction of sp³-hybridized carbons (Fsp3) is 0.455. The molecular formula is C22H30N2O2S. The molecule has 0 N–H and O–H groups in total. The van der Waals surface area contributed by atoms with Crippen molar-refractivity contribution < 1.29 is 9.59 Å². The van der Waals surface area contributed by atoms with Gasteiger partial charge in [-0.2, -0.15) is 0 Å². The molecule has 0 atom stereocenters. The average molecular weight is 387 g/mol. The minimum absolute atomic E-state index is 0.00708. The summed E-state index contributed by atoms with van der Waals surface area (Å²) in [4.78, 5) is 31.3. The van der Waals surface area contributed by atoms with Gasteiger partial charge in [-0.05, 0) is 30.5 Å². The third-order valence-electron chi connectivity index (χ3n) is 4.28. The lowest BCUT2D eigenvalue weighted by Gasteiger charge is -2.28. The van der Waals surface area contributed by atoms with Gasteiger partial charge >= 0.3 is 0 Å². The second-order valence-electron chi connectivity index (χ2n) is 7.27. The minimum Gasteiger partial charge on any atom is -0.333 e. The zero-order valence-electron chi connectivity index (χ0n) is 16.8. The molecule has 5 heteroatoms. The lowest BCUT2D eigenvalue weighted by atomic mass is 10.2. The van der Waals surface area contributed by atoms with Crippen molar-refractivity contribution in [1.82, 2.24) is 9.80 Å². The fourth-order valence-corrected chi connectivity index (χ4v) is 3.88. The van der Waals surface area contributed by atoms with Crippen molar-refractivity contribution in [3.05, 3.63) is 57.8 Å². The summed E-state index contributed by atoms with van der Waals surface area (Å²) in [6, 6.07) is 14.2. The molecule has 0 bridgehead atoms. The first-order chi connectivity index (χ1) is 12.9. The van der Waals surface area contributed by atoms with Crippen LogP contribution in [0.2, 0.25) is 0 Å². The highest BCUT2D eigenvalue weighted by Gasteiger charge is 2.22. The normalized spacial score (nSPS) is 10.9. The van der Waals surface area contributed by atoms with Gasteiger partial charge < -0.3 is 9.80 Å². The van der Waals surface area contributed by atoms with Crippen molar-refractivity contribution >= 4 is 23.2 Å². The molecule has 0 unspecified atom stereocenters. The summed E-state index contributed by atoms with van der Waals surface area (Å²) in [5, 5.41) is 0. The molecular weight excluding hydrogens is 356 g/mol. The molecule has 2 aromatic rings. The van der Waals surface area contributed by atoms with Gasteiger partial charge in [-0.3, -0.25) is 9.59 Å². The summed E-state index contributed by atoms with van der Waals surface area (Å²) in [6.45, 7) is 9.91. The van der Waals surface area contributed by atoms with Gasteiger partial charge in [0, 0.05) is 29.3 Å². The van der Waals surface area contributed by atoms with Gasteiger partial charge in [0.25, 0.3) is 0 Å². The molecule has 2 amide bonds. The van der Waals surface area contributed by atoms with Crippen LogP contribution >= 0.6 is 11.3 Å². The summed E-state index contributed by atoms with van der Waals surface area (Å²) >= 11 is 1.71. The molecule has 0 aliphatic rings. The predicted molar refractivity (Wildman–Crippen MR) is 111 cm³/mol. The maximum atomic E-state index is 13.1. The van der Waals surface area contributed by atoms with E-state index in [4.69, 9.17) is 0 Å². The van der Waals surface area contributed by atoms with Crippen LogP contribution in [0.1, 0.15) is 42.5 Å². The second-order valence-corrected chi connectivity index (χ2v) is 8.64. The maximum Gasteiger partial charge on any atom is 0.242 e. The summed E-state index contributed by atoms with van der Waals surface area (Å²) in [6.07, 6.45) is 0.419. The highest BCUT2D eigenvalue weighted by Crippen LogP contribution is 2.19. The Morgan fingerprint density at radius 3 is 2.22 bits per heavy atom. The monoisotopic (exact) mass is 386 g/mol. The number of carbonyl (C=O) groups is 2. The quantitative estimate of drug-likeness (QED) is 0.637. The molecule has 4 nitrogen and oxygen atoms in total. The minimum atomic E-state index is -0.00708. The Morgan fingerprint density at radius 2 is 1.67 bits per heavy atom. The van der Waals surface area contributed by atoms with Crippen molar-refractivity contribution in [1.29, 1.82) is 0 Å². The predicted octanol–water partition coefficient (Wildman–Crippen LogP) is 4.48. The van der Waals surface area contributed by atoms with E-state index in [0.29, 0.717) is 32.0 Å². The van der Waals surface area contributed by atoms with Crippen LogP contribution in [0.4, 0.5) is 0 Å². The molecule has 0 saturated carbocycles. The van der Waals surface area contributed by atoms with Crippen molar-refractivity contribution in [2.75, 3.05) is 13.1 Å². The van der Waals surface area contributed by atoms with E-state index in [0.717, 1.165) is 10.4 Å². The Bertz CT molecular complexity index is 740. The van der Waals surface area contributed by atoms with Crippen molar-refractivity contribution in [2.24, 2.45) is 5.92 Å². The second kappa shape index (κ2) is 10.3. The van der Waals surface area contributed by atoms with Crippen LogP contribution in [0.5, 0.6) is 0 Å². The number of nitrogens with zero attached hydrogens (tertiary/aromatic N) is 2. The van der Waals surface area contributed by atoms with E-state index in [-0.39, 0.29) is 18.4 Å². The number of hydrogen-bond acceptors (Lipinski definition) is 3. The zero-order chi connectivity index (χ0) is 19.8. The molecule has 0 saturated heterocycles. The fourth-order valence-electron chi connectivity index (χ4n) is 2.98. The molecule has 1 aromatic heterocycles. The van der Waals surface area contributed by atoms with E-state index in [1.807, 2.05) is 42.2 Å². The van der Waals surface area contributed by atoms with E-state index in [9.17, 15) is 9.59 Å². The molecule has 0 spiro atoms. The number of hydrogen-bond donors (Lipinski definition) is 0. The maximum absolute atomic E-state index is 13.1.